The van der Waals surface area contributed by atoms with Crippen molar-refractivity contribution in [3.05, 3.63) is 51.3 Å². The van der Waals surface area contributed by atoms with E-state index in [0.29, 0.717) is 6.42 Å². The van der Waals surface area contributed by atoms with E-state index in [1.54, 1.807) is 0 Å². The van der Waals surface area contributed by atoms with Gasteiger partial charge in [-0.2, -0.15) is 4.31 Å². The van der Waals surface area contributed by atoms with Crippen LogP contribution in [0.3, 0.4) is 0 Å². The maximum atomic E-state index is 13.1. The van der Waals surface area contributed by atoms with Gasteiger partial charge >= 0.3 is 0 Å². The summed E-state index contributed by atoms with van der Waals surface area (Å²) in [5.41, 5.74) is 0.827. The topological polar surface area (TPSA) is 74.8 Å². The van der Waals surface area contributed by atoms with E-state index in [4.69, 9.17) is 23.2 Å². The Kier molecular flexibility index (Phi) is 6.77. The minimum absolute atomic E-state index is 0.0618. The third-order valence-corrected chi connectivity index (χ3v) is 8.52. The molecular formula is C18H18Cl2N2O4S2. The summed E-state index contributed by atoms with van der Waals surface area (Å²) in [7, 11) is -3.83. The summed E-state index contributed by atoms with van der Waals surface area (Å²) in [5.74, 6) is -0.418. The molecule has 3 rings (SSSR count). The second kappa shape index (κ2) is 8.92. The number of halogens is 2. The van der Waals surface area contributed by atoms with E-state index in [-0.39, 0.29) is 57.9 Å². The molecule has 1 aliphatic heterocycles. The van der Waals surface area contributed by atoms with Crippen LogP contribution >= 0.6 is 34.5 Å². The zero-order chi connectivity index (χ0) is 20.3. The van der Waals surface area contributed by atoms with Crippen LogP contribution in [0, 0.1) is 0 Å². The van der Waals surface area contributed by atoms with Crippen LogP contribution in [0.5, 0.6) is 0 Å². The maximum absolute atomic E-state index is 13.1. The molecule has 2 aromatic rings. The molecule has 2 amide bonds. The Morgan fingerprint density at radius 3 is 2.29 bits per heavy atom. The number of thiophene rings is 1. The van der Waals surface area contributed by atoms with Gasteiger partial charge in [-0.1, -0.05) is 53.5 Å². The molecule has 0 aliphatic carbocycles. The zero-order valence-corrected chi connectivity index (χ0v) is 18.0. The summed E-state index contributed by atoms with van der Waals surface area (Å²) in [6.45, 7) is 0.518. The van der Waals surface area contributed by atoms with Crippen LogP contribution in [0.15, 0.2) is 40.6 Å². The Hall–Kier alpha value is -1.45. The fourth-order valence-electron chi connectivity index (χ4n) is 2.93. The van der Waals surface area contributed by atoms with E-state index >= 15 is 0 Å². The Morgan fingerprint density at radius 2 is 1.71 bits per heavy atom. The smallest absolute Gasteiger partial charge is 0.252 e. The van der Waals surface area contributed by atoms with E-state index in [2.05, 4.69) is 0 Å². The predicted octanol–water partition coefficient (Wildman–Crippen LogP) is 3.78. The largest absolute Gasteiger partial charge is 0.283 e. The first-order chi connectivity index (χ1) is 13.3. The number of hydrogen-bond acceptors (Lipinski definition) is 5. The van der Waals surface area contributed by atoms with Crippen LogP contribution in [-0.4, -0.2) is 42.5 Å². The number of carbonyl (C=O) groups is 2. The van der Waals surface area contributed by atoms with Gasteiger partial charge in [-0.15, -0.1) is 11.3 Å². The number of rotatable bonds is 8. The minimum Gasteiger partial charge on any atom is -0.283 e. The molecule has 1 fully saturated rings. The molecular weight excluding hydrogens is 443 g/mol. The highest BCUT2D eigenvalue weighted by Crippen LogP contribution is 2.36. The van der Waals surface area contributed by atoms with Gasteiger partial charge in [-0.25, -0.2) is 8.42 Å². The van der Waals surface area contributed by atoms with Crippen LogP contribution in [0.2, 0.25) is 9.36 Å². The van der Waals surface area contributed by atoms with Crippen molar-refractivity contribution in [2.75, 3.05) is 13.1 Å². The zero-order valence-electron chi connectivity index (χ0n) is 14.8. The lowest BCUT2D eigenvalue weighted by Gasteiger charge is -2.23. The van der Waals surface area contributed by atoms with Gasteiger partial charge in [-0.05, 0) is 18.1 Å². The SMILES string of the molecule is O=C1CCC(=O)N1CCCN(Cc1ccccc1)S(=O)(=O)c1cc(Cl)c(Cl)s1. The molecule has 2 heterocycles. The number of amides is 2. The summed E-state index contributed by atoms with van der Waals surface area (Å²) >= 11 is 12.8. The van der Waals surface area contributed by atoms with Crippen molar-refractivity contribution in [1.82, 2.24) is 9.21 Å². The fraction of sp³-hybridized carbons (Fsp3) is 0.333. The van der Waals surface area contributed by atoms with E-state index in [0.717, 1.165) is 16.9 Å². The van der Waals surface area contributed by atoms with Crippen molar-refractivity contribution < 1.29 is 18.0 Å². The number of sulfonamides is 1. The molecule has 0 spiro atoms. The molecule has 10 heteroatoms. The summed E-state index contributed by atoms with van der Waals surface area (Å²) in [6, 6.07) is 10.5. The van der Waals surface area contributed by atoms with Crippen molar-refractivity contribution in [3.63, 3.8) is 0 Å². The monoisotopic (exact) mass is 460 g/mol. The number of imide groups is 1. The normalized spacial score (nSPS) is 15.0. The Morgan fingerprint density at radius 1 is 1.07 bits per heavy atom. The van der Waals surface area contributed by atoms with Gasteiger partial charge in [0.2, 0.25) is 11.8 Å². The van der Waals surface area contributed by atoms with Gasteiger partial charge < -0.3 is 0 Å². The van der Waals surface area contributed by atoms with Gasteiger partial charge in [0.25, 0.3) is 10.0 Å². The highest BCUT2D eigenvalue weighted by atomic mass is 35.5. The molecule has 1 saturated heterocycles. The summed E-state index contributed by atoms with van der Waals surface area (Å²) in [5, 5.41) is 0.193. The van der Waals surface area contributed by atoms with Gasteiger partial charge in [0.05, 0.1) is 5.02 Å². The molecule has 0 N–H and O–H groups in total. The molecule has 0 unspecified atom stereocenters. The number of nitrogens with zero attached hydrogens (tertiary/aromatic N) is 2. The Bertz CT molecular complexity index is 941. The van der Waals surface area contributed by atoms with E-state index < -0.39 is 10.0 Å². The molecule has 1 aromatic heterocycles. The average molecular weight is 461 g/mol. The lowest BCUT2D eigenvalue weighted by Crippen LogP contribution is -2.35. The van der Waals surface area contributed by atoms with E-state index in [9.17, 15) is 18.0 Å². The van der Waals surface area contributed by atoms with Gasteiger partial charge in [0, 0.05) is 32.5 Å². The highest BCUT2D eigenvalue weighted by Gasteiger charge is 2.30. The predicted molar refractivity (Wildman–Crippen MR) is 109 cm³/mol. The van der Waals surface area contributed by atoms with Crippen molar-refractivity contribution in [1.29, 1.82) is 0 Å². The summed E-state index contributed by atoms with van der Waals surface area (Å²) < 4.78 is 27.9. The molecule has 150 valence electrons. The second-order valence-corrected chi connectivity index (χ2v) is 10.5. The van der Waals surface area contributed by atoms with Gasteiger partial charge in [0.1, 0.15) is 8.55 Å². The van der Waals surface area contributed by atoms with Crippen molar-refractivity contribution in [2.24, 2.45) is 0 Å². The van der Waals surface area contributed by atoms with Crippen LogP contribution in [0.25, 0.3) is 0 Å². The molecule has 0 atom stereocenters. The summed E-state index contributed by atoms with van der Waals surface area (Å²) in [6.07, 6.45) is 0.782. The number of likely N-dealkylation sites (tertiary alicyclic amines) is 1. The highest BCUT2D eigenvalue weighted by molar-refractivity contribution is 7.91. The first-order valence-corrected chi connectivity index (χ1v) is 11.6. The molecule has 28 heavy (non-hydrogen) atoms. The van der Waals surface area contributed by atoms with Crippen LogP contribution in [-0.2, 0) is 26.2 Å². The average Bonchev–Trinajstić information content (AvgIpc) is 3.17. The molecule has 0 radical (unpaired) electrons. The first-order valence-electron chi connectivity index (χ1n) is 8.61. The number of hydrogen-bond donors (Lipinski definition) is 0. The van der Waals surface area contributed by atoms with Crippen LogP contribution < -0.4 is 0 Å². The standard InChI is InChI=1S/C18H18Cl2N2O4S2/c19-14-11-17(27-18(14)20)28(25,26)21(12-13-5-2-1-3-6-13)9-4-10-22-15(23)7-8-16(22)24/h1-3,5-6,11H,4,7-10,12H2. The lowest BCUT2D eigenvalue weighted by atomic mass is 10.2. The second-order valence-electron chi connectivity index (χ2n) is 6.30. The molecule has 6 nitrogen and oxygen atoms in total. The third kappa shape index (κ3) is 4.75. The Labute approximate surface area is 177 Å². The lowest BCUT2D eigenvalue weighted by molar-refractivity contribution is -0.138. The maximum Gasteiger partial charge on any atom is 0.252 e. The van der Waals surface area contributed by atoms with Crippen molar-refractivity contribution >= 4 is 56.4 Å². The van der Waals surface area contributed by atoms with Crippen molar-refractivity contribution in [3.8, 4) is 0 Å². The third-order valence-electron chi connectivity index (χ3n) is 4.36. The van der Waals surface area contributed by atoms with Crippen molar-refractivity contribution in [2.45, 2.75) is 30.0 Å². The fourth-order valence-corrected chi connectivity index (χ4v) is 6.43. The van der Waals surface area contributed by atoms with Crippen LogP contribution in [0.1, 0.15) is 24.8 Å². The summed E-state index contributed by atoms with van der Waals surface area (Å²) in [4.78, 5) is 24.7. The van der Waals surface area contributed by atoms with Crippen LogP contribution in [0.4, 0.5) is 0 Å². The number of carbonyl (C=O) groups excluding carboxylic acids is 2. The number of benzene rings is 1. The molecule has 0 saturated carbocycles. The Balaban J connectivity index is 1.78. The van der Waals surface area contributed by atoms with E-state index in [1.165, 1.54) is 15.3 Å². The quantitative estimate of drug-likeness (QED) is 0.561. The molecule has 1 aliphatic rings. The van der Waals surface area contributed by atoms with E-state index in [1.807, 2.05) is 30.3 Å². The van der Waals surface area contributed by atoms with Gasteiger partial charge in [0.15, 0.2) is 0 Å². The molecule has 1 aromatic carbocycles. The molecule has 0 bridgehead atoms. The minimum atomic E-state index is -3.83. The first kappa shape index (κ1) is 21.3. The van der Waals surface area contributed by atoms with Gasteiger partial charge in [-0.3, -0.25) is 14.5 Å².